The molecule has 1 aliphatic heterocycles. The van der Waals surface area contributed by atoms with Crippen molar-refractivity contribution in [2.75, 3.05) is 13.2 Å². The summed E-state index contributed by atoms with van der Waals surface area (Å²) in [5, 5.41) is 6.37. The summed E-state index contributed by atoms with van der Waals surface area (Å²) >= 11 is 11.1. The third kappa shape index (κ3) is 4.10. The molecule has 2 aromatic rings. The Bertz CT molecular complexity index is 736. The van der Waals surface area contributed by atoms with Crippen LogP contribution in [-0.4, -0.2) is 19.0 Å². The van der Waals surface area contributed by atoms with Gasteiger partial charge in [0, 0.05) is 16.3 Å². The maximum Gasteiger partial charge on any atom is 0.180 e. The molecule has 0 radical (unpaired) electrons. The highest BCUT2D eigenvalue weighted by Crippen LogP contribution is 2.38. The largest absolute Gasteiger partial charge is 0.489 e. The van der Waals surface area contributed by atoms with Crippen molar-refractivity contribution < 1.29 is 14.3 Å². The number of benzene rings is 1. The summed E-state index contributed by atoms with van der Waals surface area (Å²) in [4.78, 5) is 6.16. The number of halogens is 2. The van der Waals surface area contributed by atoms with E-state index in [-0.39, 0.29) is 6.61 Å². The fraction of sp³-hybridized carbons (Fsp3) is 0.267. The second-order valence-electron chi connectivity index (χ2n) is 4.83. The highest BCUT2D eigenvalue weighted by Gasteiger charge is 2.15. The van der Waals surface area contributed by atoms with Crippen LogP contribution < -0.4 is 15.2 Å². The van der Waals surface area contributed by atoms with Gasteiger partial charge in [0.15, 0.2) is 17.3 Å². The second-order valence-corrected chi connectivity index (χ2v) is 7.07. The van der Waals surface area contributed by atoms with Crippen LogP contribution in [-0.2, 0) is 11.4 Å². The monoisotopic (exact) mass is 416 g/mol. The average molecular weight is 418 g/mol. The van der Waals surface area contributed by atoms with E-state index in [2.05, 4.69) is 21.1 Å². The molecule has 23 heavy (non-hydrogen) atoms. The van der Waals surface area contributed by atoms with Gasteiger partial charge >= 0.3 is 0 Å². The minimum atomic E-state index is 0.240. The van der Waals surface area contributed by atoms with E-state index in [1.807, 2.05) is 17.5 Å². The Balaban J connectivity index is 1.69. The van der Waals surface area contributed by atoms with Gasteiger partial charge in [0.1, 0.15) is 6.61 Å². The number of hydrogen-bond donors (Lipinski definition) is 1. The maximum atomic E-state index is 6.24. The van der Waals surface area contributed by atoms with E-state index in [1.54, 1.807) is 6.07 Å². The molecule has 1 aliphatic rings. The van der Waals surface area contributed by atoms with Gasteiger partial charge in [-0.05, 0) is 39.7 Å². The van der Waals surface area contributed by atoms with Crippen molar-refractivity contribution >= 4 is 44.7 Å². The fourth-order valence-electron chi connectivity index (χ4n) is 2.04. The van der Waals surface area contributed by atoms with Crippen molar-refractivity contribution in [2.45, 2.75) is 13.0 Å². The number of nitrogens with zero attached hydrogens (tertiary/aromatic N) is 1. The normalized spacial score (nSPS) is 14.4. The van der Waals surface area contributed by atoms with Crippen LogP contribution in [0.4, 0.5) is 0 Å². The molecule has 0 amide bonds. The lowest BCUT2D eigenvalue weighted by Crippen LogP contribution is -2.12. The fourth-order valence-corrected chi connectivity index (χ4v) is 3.65. The number of hydrogen-bond acceptors (Lipinski definition) is 5. The molecule has 0 saturated heterocycles. The van der Waals surface area contributed by atoms with Gasteiger partial charge in [-0.3, -0.25) is 0 Å². The van der Waals surface area contributed by atoms with E-state index in [4.69, 9.17) is 31.6 Å². The zero-order valence-electron chi connectivity index (χ0n) is 12.1. The zero-order valence-corrected chi connectivity index (χ0v) is 15.2. The summed E-state index contributed by atoms with van der Waals surface area (Å²) in [6, 6.07) is 5.51. The molecular formula is C15H14BrClN2O3S. The predicted molar refractivity (Wildman–Crippen MR) is 94.6 cm³/mol. The Kier molecular flexibility index (Phi) is 5.30. The number of thiophene rings is 1. The van der Waals surface area contributed by atoms with Crippen molar-refractivity contribution in [2.24, 2.45) is 10.9 Å². The summed E-state index contributed by atoms with van der Waals surface area (Å²) in [6.07, 6.45) is 0.827. The third-order valence-electron chi connectivity index (χ3n) is 3.08. The number of fused-ring (bicyclic) bond motifs is 1. The predicted octanol–water partition coefficient (Wildman–Crippen LogP) is 4.16. The van der Waals surface area contributed by atoms with Gasteiger partial charge < -0.3 is 20.0 Å². The summed E-state index contributed by atoms with van der Waals surface area (Å²) < 4.78 is 12.2. The Hall–Kier alpha value is -1.44. The molecule has 1 aromatic heterocycles. The van der Waals surface area contributed by atoms with Crippen LogP contribution in [0.1, 0.15) is 16.9 Å². The van der Waals surface area contributed by atoms with E-state index >= 15 is 0 Å². The molecule has 8 heteroatoms. The lowest BCUT2D eigenvalue weighted by atomic mass is 10.2. The van der Waals surface area contributed by atoms with Gasteiger partial charge in [0.25, 0.3) is 0 Å². The molecule has 1 aromatic carbocycles. The molecule has 2 heterocycles. The van der Waals surface area contributed by atoms with Crippen molar-refractivity contribution in [1.82, 2.24) is 0 Å². The van der Waals surface area contributed by atoms with Crippen LogP contribution >= 0.6 is 38.9 Å². The van der Waals surface area contributed by atoms with Gasteiger partial charge in [0.05, 0.1) is 23.1 Å². The van der Waals surface area contributed by atoms with E-state index in [0.717, 1.165) is 21.3 Å². The number of amidine groups is 1. The van der Waals surface area contributed by atoms with Crippen molar-refractivity contribution in [3.63, 3.8) is 0 Å². The van der Waals surface area contributed by atoms with Crippen LogP contribution in [0, 0.1) is 0 Å². The molecule has 0 atom stereocenters. The van der Waals surface area contributed by atoms with Gasteiger partial charge in [-0.25, -0.2) is 0 Å². The van der Waals surface area contributed by atoms with E-state index in [9.17, 15) is 0 Å². The first-order chi connectivity index (χ1) is 11.1. The average Bonchev–Trinajstić information content (AvgIpc) is 2.81. The van der Waals surface area contributed by atoms with Crippen molar-refractivity contribution in [3.8, 4) is 11.5 Å². The smallest absolute Gasteiger partial charge is 0.180 e. The molecule has 5 nitrogen and oxygen atoms in total. The molecule has 0 spiro atoms. The summed E-state index contributed by atoms with van der Waals surface area (Å²) in [7, 11) is 0. The lowest BCUT2D eigenvalue weighted by molar-refractivity contribution is 0.130. The van der Waals surface area contributed by atoms with Gasteiger partial charge in [-0.2, -0.15) is 0 Å². The Morgan fingerprint density at radius 1 is 1.35 bits per heavy atom. The Morgan fingerprint density at radius 3 is 2.96 bits per heavy atom. The molecule has 0 bridgehead atoms. The molecule has 122 valence electrons. The van der Waals surface area contributed by atoms with Crippen LogP contribution in [0.25, 0.3) is 0 Å². The van der Waals surface area contributed by atoms with E-state index < -0.39 is 0 Å². The Labute approximate surface area is 151 Å². The SMILES string of the molecule is N/C(=N\OCc1cc(Cl)c2c(c1)OCCCO2)c1cc(Br)cs1. The molecule has 3 rings (SSSR count). The van der Waals surface area contributed by atoms with E-state index in [1.165, 1.54) is 11.3 Å². The molecule has 2 N–H and O–H groups in total. The van der Waals surface area contributed by atoms with Gasteiger partial charge in [0.2, 0.25) is 0 Å². The van der Waals surface area contributed by atoms with Crippen molar-refractivity contribution in [3.05, 3.63) is 43.5 Å². The van der Waals surface area contributed by atoms with Crippen LogP contribution in [0.3, 0.4) is 0 Å². The number of oxime groups is 1. The first kappa shape index (κ1) is 16.4. The van der Waals surface area contributed by atoms with Gasteiger partial charge in [-0.1, -0.05) is 16.8 Å². The Morgan fingerprint density at radius 2 is 2.17 bits per heavy atom. The highest BCUT2D eigenvalue weighted by molar-refractivity contribution is 9.10. The molecule has 0 aliphatic carbocycles. The van der Waals surface area contributed by atoms with Gasteiger partial charge in [-0.15, -0.1) is 11.3 Å². The molecule has 0 unspecified atom stereocenters. The minimum Gasteiger partial charge on any atom is -0.489 e. The first-order valence-electron chi connectivity index (χ1n) is 6.91. The zero-order chi connectivity index (χ0) is 16.2. The molecule has 0 fully saturated rings. The second kappa shape index (κ2) is 7.42. The topological polar surface area (TPSA) is 66.1 Å². The summed E-state index contributed by atoms with van der Waals surface area (Å²) in [6.45, 7) is 1.44. The van der Waals surface area contributed by atoms with E-state index in [0.29, 0.717) is 35.6 Å². The number of nitrogens with two attached hydrogens (primary N) is 1. The highest BCUT2D eigenvalue weighted by atomic mass is 79.9. The van der Waals surface area contributed by atoms with Crippen LogP contribution in [0.15, 0.2) is 33.2 Å². The molecular weight excluding hydrogens is 404 g/mol. The number of ether oxygens (including phenoxy) is 2. The summed E-state index contributed by atoms with van der Waals surface area (Å²) in [5.41, 5.74) is 6.71. The summed E-state index contributed by atoms with van der Waals surface area (Å²) in [5.74, 6) is 1.55. The molecule has 0 saturated carbocycles. The minimum absolute atomic E-state index is 0.240. The lowest BCUT2D eigenvalue weighted by Gasteiger charge is -2.11. The first-order valence-corrected chi connectivity index (χ1v) is 8.96. The van der Waals surface area contributed by atoms with Crippen molar-refractivity contribution in [1.29, 1.82) is 0 Å². The quantitative estimate of drug-likeness (QED) is 0.461. The number of rotatable bonds is 4. The standard InChI is InChI=1S/C15H14BrClN2O3S/c16-10-6-13(23-8-10)15(18)19-22-7-9-4-11(17)14-12(5-9)20-2-1-3-21-14/h4-6,8H,1-3,7H2,(H2,18,19). The van der Waals surface area contributed by atoms with Crippen LogP contribution in [0.2, 0.25) is 5.02 Å². The third-order valence-corrected chi connectivity index (χ3v) is 5.07. The maximum absolute atomic E-state index is 6.24. The van der Waals surface area contributed by atoms with Crippen LogP contribution in [0.5, 0.6) is 11.5 Å².